The molecule has 3 nitrogen and oxygen atoms in total. The van der Waals surface area contributed by atoms with E-state index in [0.29, 0.717) is 5.11 Å². The van der Waals surface area contributed by atoms with Crippen LogP contribution in [0.5, 0.6) is 0 Å². The molecule has 0 saturated carbocycles. The molecular formula is C12H21N3PrS. The number of aryl methyl sites for hydroxylation is 1. The third kappa shape index (κ3) is 6.44. The standard InChI is InChI=1S/C12H17N3S.Pr.2H2/c1-3-9-13-15-12(16)14-11-8-6-5-7-10(11)4-2;;;/h5-9H,3-4H2,1-2H3,(H2,14,15,16);;2*1H/b13-9+;;;. The molecule has 93 valence electrons. The molecular weight excluding hydrogens is 359 g/mol. The molecule has 1 aromatic rings. The van der Waals surface area contributed by atoms with Gasteiger partial charge in [0.25, 0.3) is 0 Å². The van der Waals surface area contributed by atoms with Crippen LogP contribution in [0.2, 0.25) is 0 Å². The largest absolute Gasteiger partial charge is 0.331 e. The minimum Gasteiger partial charge on any atom is -0.331 e. The van der Waals surface area contributed by atoms with Crippen molar-refractivity contribution in [2.45, 2.75) is 26.7 Å². The van der Waals surface area contributed by atoms with Crippen molar-refractivity contribution in [2.24, 2.45) is 5.10 Å². The van der Waals surface area contributed by atoms with E-state index in [0.717, 1.165) is 18.5 Å². The minimum absolute atomic E-state index is 0. The van der Waals surface area contributed by atoms with E-state index < -0.39 is 0 Å². The maximum atomic E-state index is 5.12. The molecule has 0 aromatic heterocycles. The maximum absolute atomic E-state index is 5.12. The Morgan fingerprint density at radius 2 is 2.12 bits per heavy atom. The molecule has 0 saturated heterocycles. The number of hydrogen-bond acceptors (Lipinski definition) is 2. The Morgan fingerprint density at radius 3 is 2.76 bits per heavy atom. The van der Waals surface area contributed by atoms with Crippen LogP contribution in [-0.2, 0) is 6.42 Å². The molecule has 1 aromatic carbocycles. The Bertz CT molecular complexity index is 389. The molecule has 1 rings (SSSR count). The van der Waals surface area contributed by atoms with Crippen molar-refractivity contribution in [3.8, 4) is 0 Å². The molecule has 0 unspecified atom stereocenters. The van der Waals surface area contributed by atoms with Crippen LogP contribution in [0.3, 0.4) is 0 Å². The Morgan fingerprint density at radius 1 is 1.41 bits per heavy atom. The molecule has 0 bridgehead atoms. The van der Waals surface area contributed by atoms with E-state index in [2.05, 4.69) is 28.8 Å². The third-order valence-corrected chi connectivity index (χ3v) is 2.28. The van der Waals surface area contributed by atoms with Gasteiger partial charge in [-0.3, -0.25) is 5.43 Å². The van der Waals surface area contributed by atoms with Crippen molar-refractivity contribution >= 4 is 29.2 Å². The van der Waals surface area contributed by atoms with Crippen molar-refractivity contribution in [2.75, 3.05) is 5.32 Å². The summed E-state index contributed by atoms with van der Waals surface area (Å²) in [5.74, 6) is 0. The zero-order valence-corrected chi connectivity index (χ0v) is 14.8. The van der Waals surface area contributed by atoms with E-state index in [1.54, 1.807) is 6.21 Å². The first-order valence-corrected chi connectivity index (χ1v) is 5.85. The van der Waals surface area contributed by atoms with E-state index in [-0.39, 0.29) is 44.1 Å². The van der Waals surface area contributed by atoms with Crippen LogP contribution in [0.25, 0.3) is 0 Å². The van der Waals surface area contributed by atoms with Gasteiger partial charge >= 0.3 is 0 Å². The summed E-state index contributed by atoms with van der Waals surface area (Å²) in [6.07, 6.45) is 3.64. The molecule has 0 amide bonds. The molecule has 1 radical (unpaired) electrons. The average molecular weight is 380 g/mol. The monoisotopic (exact) mass is 380 g/mol. The number of benzene rings is 1. The molecule has 0 aliphatic carbocycles. The number of hydrazone groups is 1. The summed E-state index contributed by atoms with van der Waals surface area (Å²) in [4.78, 5) is 0. The molecule has 17 heavy (non-hydrogen) atoms. The van der Waals surface area contributed by atoms with Crippen molar-refractivity contribution < 1.29 is 44.1 Å². The van der Waals surface area contributed by atoms with Gasteiger partial charge in [0.2, 0.25) is 0 Å². The van der Waals surface area contributed by atoms with Crippen LogP contribution in [0.15, 0.2) is 29.4 Å². The first-order chi connectivity index (χ1) is 7.77. The topological polar surface area (TPSA) is 36.4 Å². The summed E-state index contributed by atoms with van der Waals surface area (Å²) in [7, 11) is 0. The van der Waals surface area contributed by atoms with Gasteiger partial charge in [0.1, 0.15) is 0 Å². The number of thiocarbonyl (C=S) groups is 1. The molecule has 0 fully saturated rings. The summed E-state index contributed by atoms with van der Waals surface area (Å²) in [6.45, 7) is 4.14. The Hall–Kier alpha value is -0.0564. The quantitative estimate of drug-likeness (QED) is 0.478. The summed E-state index contributed by atoms with van der Waals surface area (Å²) in [5, 5.41) is 7.61. The van der Waals surface area contributed by atoms with Crippen LogP contribution in [0.4, 0.5) is 5.69 Å². The second-order valence-corrected chi connectivity index (χ2v) is 3.70. The van der Waals surface area contributed by atoms with Crippen LogP contribution >= 0.6 is 12.2 Å². The SMILES string of the molecule is CC/C=N/NC(=S)Nc1ccccc1CC.[HH].[HH].[Pr]. The van der Waals surface area contributed by atoms with E-state index in [1.807, 2.05) is 25.1 Å². The number of rotatable bonds is 4. The van der Waals surface area contributed by atoms with Gasteiger partial charge in [-0.2, -0.15) is 5.10 Å². The minimum atomic E-state index is 0. The molecule has 5 heteroatoms. The Balaban J connectivity index is -0.000000853. The Labute approximate surface area is 144 Å². The number of para-hydroxylation sites is 1. The molecule has 0 aliphatic rings. The second-order valence-electron chi connectivity index (χ2n) is 3.30. The average Bonchev–Trinajstić information content (AvgIpc) is 2.30. The van der Waals surface area contributed by atoms with Crippen LogP contribution in [0, 0.1) is 41.3 Å². The van der Waals surface area contributed by atoms with E-state index >= 15 is 0 Å². The first kappa shape index (κ1) is 16.9. The normalized spacial score (nSPS) is 9.76. The number of anilines is 1. The van der Waals surface area contributed by atoms with Gasteiger partial charge in [-0.15, -0.1) is 0 Å². The van der Waals surface area contributed by atoms with Gasteiger partial charge in [0.05, 0.1) is 0 Å². The number of nitrogens with zero attached hydrogens (tertiary/aromatic N) is 1. The van der Waals surface area contributed by atoms with Gasteiger partial charge < -0.3 is 5.32 Å². The zero-order chi connectivity index (χ0) is 11.8. The zero-order valence-electron chi connectivity index (χ0n) is 10.2. The van der Waals surface area contributed by atoms with Crippen LogP contribution in [0.1, 0.15) is 28.7 Å². The van der Waals surface area contributed by atoms with Crippen molar-refractivity contribution in [1.82, 2.24) is 5.43 Å². The van der Waals surface area contributed by atoms with Crippen molar-refractivity contribution in [3.05, 3.63) is 29.8 Å². The van der Waals surface area contributed by atoms with Gasteiger partial charge in [0, 0.05) is 56.0 Å². The fourth-order valence-electron chi connectivity index (χ4n) is 1.30. The third-order valence-electron chi connectivity index (χ3n) is 2.09. The molecule has 0 heterocycles. The second kappa shape index (κ2) is 9.92. The predicted molar refractivity (Wildman–Crippen MR) is 78.2 cm³/mol. The van der Waals surface area contributed by atoms with Crippen LogP contribution in [-0.4, -0.2) is 11.3 Å². The van der Waals surface area contributed by atoms with Gasteiger partial charge in [-0.25, -0.2) is 0 Å². The summed E-state index contributed by atoms with van der Waals surface area (Å²) in [6, 6.07) is 8.10. The fraction of sp³-hybridized carbons (Fsp3) is 0.333. The van der Waals surface area contributed by atoms with E-state index in [9.17, 15) is 0 Å². The van der Waals surface area contributed by atoms with Gasteiger partial charge in [0.15, 0.2) is 5.11 Å². The summed E-state index contributed by atoms with van der Waals surface area (Å²) in [5.41, 5.74) is 5.05. The van der Waals surface area contributed by atoms with E-state index in [1.165, 1.54) is 5.56 Å². The van der Waals surface area contributed by atoms with Crippen LogP contribution < -0.4 is 10.7 Å². The fourth-order valence-corrected chi connectivity index (χ4v) is 1.46. The molecule has 0 spiro atoms. The van der Waals surface area contributed by atoms with Gasteiger partial charge in [-0.1, -0.05) is 32.0 Å². The number of hydrogen-bond donors (Lipinski definition) is 2. The molecule has 0 aliphatic heterocycles. The first-order valence-electron chi connectivity index (χ1n) is 5.44. The maximum Gasteiger partial charge on any atom is 0.191 e. The van der Waals surface area contributed by atoms with Crippen molar-refractivity contribution in [3.63, 3.8) is 0 Å². The van der Waals surface area contributed by atoms with Gasteiger partial charge in [-0.05, 0) is 36.7 Å². The summed E-state index contributed by atoms with van der Waals surface area (Å²) < 4.78 is 0. The van der Waals surface area contributed by atoms with Crippen molar-refractivity contribution in [1.29, 1.82) is 0 Å². The summed E-state index contributed by atoms with van der Waals surface area (Å²) >= 11 is 5.12. The number of nitrogens with one attached hydrogen (secondary N) is 2. The predicted octanol–water partition coefficient (Wildman–Crippen LogP) is 3.42. The molecule has 0 atom stereocenters. The van der Waals surface area contributed by atoms with E-state index in [4.69, 9.17) is 12.2 Å². The smallest absolute Gasteiger partial charge is 0.191 e. The molecule has 2 N–H and O–H groups in total. The Kier molecular flexibility index (Phi) is 9.89.